The first-order chi connectivity index (χ1) is 7.49. The fraction of sp³-hybridized carbons (Fsp3) is 0.417. The lowest BCUT2D eigenvalue weighted by atomic mass is 9.94. The molecule has 1 amide bonds. The predicted octanol–water partition coefficient (Wildman–Crippen LogP) is 1.01. The zero-order valence-electron chi connectivity index (χ0n) is 9.91. The molecule has 4 nitrogen and oxygen atoms in total. The number of nitrogens with one attached hydrogen (secondary N) is 1. The van der Waals surface area contributed by atoms with Crippen molar-refractivity contribution < 1.29 is 9.53 Å². The van der Waals surface area contributed by atoms with Crippen LogP contribution in [0, 0.1) is 0 Å². The van der Waals surface area contributed by atoms with Gasteiger partial charge < -0.3 is 15.8 Å². The molecule has 16 heavy (non-hydrogen) atoms. The van der Waals surface area contributed by atoms with Crippen molar-refractivity contribution in [3.05, 3.63) is 29.8 Å². The zero-order valence-corrected chi connectivity index (χ0v) is 9.91. The van der Waals surface area contributed by atoms with Crippen molar-refractivity contribution in [3.63, 3.8) is 0 Å². The summed E-state index contributed by atoms with van der Waals surface area (Å²) in [6.45, 7) is 3.87. The van der Waals surface area contributed by atoms with Crippen molar-refractivity contribution in [3.8, 4) is 5.75 Å². The van der Waals surface area contributed by atoms with Gasteiger partial charge in [0.1, 0.15) is 5.75 Å². The number of carbonyl (C=O) groups excluding carboxylic acids is 1. The Balaban J connectivity index is 2.84. The number of nitrogens with two attached hydrogens (primary N) is 1. The molecule has 4 heteroatoms. The van der Waals surface area contributed by atoms with Crippen molar-refractivity contribution in [2.75, 3.05) is 13.7 Å². The van der Waals surface area contributed by atoms with Gasteiger partial charge in [0.05, 0.1) is 19.2 Å². The van der Waals surface area contributed by atoms with Crippen LogP contribution in [0.5, 0.6) is 5.75 Å². The lowest BCUT2D eigenvalue weighted by Gasteiger charge is -2.26. The molecule has 0 aliphatic heterocycles. The highest BCUT2D eigenvalue weighted by atomic mass is 16.5. The highest BCUT2D eigenvalue weighted by Gasteiger charge is 2.21. The van der Waals surface area contributed by atoms with Gasteiger partial charge in [-0.25, -0.2) is 0 Å². The number of hydrogen-bond acceptors (Lipinski definition) is 3. The number of amides is 1. The molecular formula is C12H18N2O2. The van der Waals surface area contributed by atoms with Gasteiger partial charge in [-0.1, -0.05) is 12.1 Å². The van der Waals surface area contributed by atoms with Crippen molar-refractivity contribution in [1.29, 1.82) is 0 Å². The molecule has 3 N–H and O–H groups in total. The highest BCUT2D eigenvalue weighted by Crippen LogP contribution is 2.22. The Morgan fingerprint density at radius 2 is 1.94 bits per heavy atom. The fourth-order valence-corrected chi connectivity index (χ4v) is 1.48. The first-order valence-electron chi connectivity index (χ1n) is 5.15. The van der Waals surface area contributed by atoms with Crippen molar-refractivity contribution in [1.82, 2.24) is 5.32 Å². The molecule has 0 atom stereocenters. The van der Waals surface area contributed by atoms with Crippen LogP contribution in [0.15, 0.2) is 24.3 Å². The summed E-state index contributed by atoms with van der Waals surface area (Å²) in [7, 11) is 1.62. The van der Waals surface area contributed by atoms with E-state index >= 15 is 0 Å². The third kappa shape index (κ3) is 2.97. The van der Waals surface area contributed by atoms with Gasteiger partial charge in [0.2, 0.25) is 5.91 Å². The van der Waals surface area contributed by atoms with Crippen LogP contribution >= 0.6 is 0 Å². The molecule has 1 aromatic rings. The summed E-state index contributed by atoms with van der Waals surface area (Å²) in [5, 5.41) is 2.85. The summed E-state index contributed by atoms with van der Waals surface area (Å²) in [5.74, 6) is 0.630. The maximum atomic E-state index is 11.3. The van der Waals surface area contributed by atoms with E-state index in [4.69, 9.17) is 10.5 Å². The molecule has 0 saturated heterocycles. The SMILES string of the molecule is COc1ccc(C(C)(C)NC(=O)CN)cc1. The standard InChI is InChI=1S/C12H18N2O2/c1-12(2,14-11(15)8-13)9-4-6-10(16-3)7-5-9/h4-7H,8,13H2,1-3H3,(H,14,15). The highest BCUT2D eigenvalue weighted by molar-refractivity contribution is 5.78. The molecule has 0 unspecified atom stereocenters. The van der Waals surface area contributed by atoms with E-state index in [-0.39, 0.29) is 12.5 Å². The lowest BCUT2D eigenvalue weighted by molar-refractivity contribution is -0.121. The Bertz CT molecular complexity index is 358. The van der Waals surface area contributed by atoms with E-state index in [1.807, 2.05) is 38.1 Å². The van der Waals surface area contributed by atoms with Gasteiger partial charge in [0, 0.05) is 0 Å². The van der Waals surface area contributed by atoms with E-state index < -0.39 is 5.54 Å². The minimum absolute atomic E-state index is 0.000412. The van der Waals surface area contributed by atoms with E-state index in [0.29, 0.717) is 0 Å². The Morgan fingerprint density at radius 1 is 1.38 bits per heavy atom. The van der Waals surface area contributed by atoms with Gasteiger partial charge in [-0.2, -0.15) is 0 Å². The molecule has 0 aliphatic carbocycles. The van der Waals surface area contributed by atoms with Crippen molar-refractivity contribution >= 4 is 5.91 Å². The van der Waals surface area contributed by atoms with Crippen molar-refractivity contribution in [2.24, 2.45) is 5.73 Å². The average Bonchev–Trinajstić information content (AvgIpc) is 2.28. The van der Waals surface area contributed by atoms with Crippen LogP contribution < -0.4 is 15.8 Å². The molecule has 1 aromatic carbocycles. The summed E-state index contributed by atoms with van der Waals surface area (Å²) >= 11 is 0. The molecule has 1 rings (SSSR count). The van der Waals surface area contributed by atoms with E-state index in [1.54, 1.807) is 7.11 Å². The second-order valence-electron chi connectivity index (χ2n) is 4.11. The summed E-state index contributed by atoms with van der Waals surface area (Å²) < 4.78 is 5.08. The molecule has 0 aliphatic rings. The zero-order chi connectivity index (χ0) is 12.2. The Kier molecular flexibility index (Phi) is 3.90. The Morgan fingerprint density at radius 3 is 2.38 bits per heavy atom. The number of methoxy groups -OCH3 is 1. The summed E-state index contributed by atoms with van der Waals surface area (Å²) in [6.07, 6.45) is 0. The second kappa shape index (κ2) is 4.99. The fourth-order valence-electron chi connectivity index (χ4n) is 1.48. The van der Waals surface area contributed by atoms with Crippen molar-refractivity contribution in [2.45, 2.75) is 19.4 Å². The molecule has 0 radical (unpaired) electrons. The molecule has 0 spiro atoms. The third-order valence-corrected chi connectivity index (χ3v) is 2.45. The molecule has 0 aromatic heterocycles. The minimum atomic E-state index is -0.428. The molecule has 0 heterocycles. The molecule has 0 fully saturated rings. The quantitative estimate of drug-likeness (QED) is 0.799. The van der Waals surface area contributed by atoms with Crippen LogP contribution in [0.1, 0.15) is 19.4 Å². The molecule has 88 valence electrons. The largest absolute Gasteiger partial charge is 0.497 e. The van der Waals surface area contributed by atoms with Crippen LogP contribution in [0.25, 0.3) is 0 Å². The Labute approximate surface area is 95.8 Å². The molecule has 0 saturated carbocycles. The monoisotopic (exact) mass is 222 g/mol. The van der Waals surface area contributed by atoms with Crippen LogP contribution in [0.2, 0.25) is 0 Å². The van der Waals surface area contributed by atoms with E-state index in [9.17, 15) is 4.79 Å². The molecule has 0 bridgehead atoms. The average molecular weight is 222 g/mol. The number of benzene rings is 1. The number of carbonyl (C=O) groups is 1. The number of ether oxygens (including phenoxy) is 1. The van der Waals surface area contributed by atoms with E-state index in [1.165, 1.54) is 0 Å². The first kappa shape index (κ1) is 12.5. The Hall–Kier alpha value is -1.55. The smallest absolute Gasteiger partial charge is 0.234 e. The van der Waals surface area contributed by atoms with Gasteiger partial charge >= 0.3 is 0 Å². The summed E-state index contributed by atoms with van der Waals surface area (Å²) in [6, 6.07) is 7.59. The van der Waals surface area contributed by atoms with Gasteiger partial charge in [-0.3, -0.25) is 4.79 Å². The van der Waals surface area contributed by atoms with E-state index in [2.05, 4.69) is 5.32 Å². The maximum absolute atomic E-state index is 11.3. The van der Waals surface area contributed by atoms with Gasteiger partial charge in [-0.15, -0.1) is 0 Å². The topological polar surface area (TPSA) is 64.3 Å². The maximum Gasteiger partial charge on any atom is 0.234 e. The van der Waals surface area contributed by atoms with Crippen LogP contribution in [0.3, 0.4) is 0 Å². The summed E-state index contributed by atoms with van der Waals surface area (Å²) in [5.41, 5.74) is 5.85. The summed E-state index contributed by atoms with van der Waals surface area (Å²) in [4.78, 5) is 11.3. The predicted molar refractivity (Wildman–Crippen MR) is 63.2 cm³/mol. The lowest BCUT2D eigenvalue weighted by Crippen LogP contribution is -2.43. The van der Waals surface area contributed by atoms with Crippen LogP contribution in [-0.2, 0) is 10.3 Å². The number of hydrogen-bond donors (Lipinski definition) is 2. The normalized spacial score (nSPS) is 11.0. The van der Waals surface area contributed by atoms with Crippen LogP contribution in [-0.4, -0.2) is 19.6 Å². The van der Waals surface area contributed by atoms with Crippen LogP contribution in [0.4, 0.5) is 0 Å². The van der Waals surface area contributed by atoms with Gasteiger partial charge in [-0.05, 0) is 31.5 Å². The van der Waals surface area contributed by atoms with E-state index in [0.717, 1.165) is 11.3 Å². The number of rotatable bonds is 4. The van der Waals surface area contributed by atoms with Gasteiger partial charge in [0.15, 0.2) is 0 Å². The van der Waals surface area contributed by atoms with Gasteiger partial charge in [0.25, 0.3) is 0 Å². The second-order valence-corrected chi connectivity index (χ2v) is 4.11. The third-order valence-electron chi connectivity index (χ3n) is 2.45. The first-order valence-corrected chi connectivity index (χ1v) is 5.15. The minimum Gasteiger partial charge on any atom is -0.497 e. The molecular weight excluding hydrogens is 204 g/mol.